The Labute approximate surface area is 68.8 Å². The van der Waals surface area contributed by atoms with Crippen LogP contribution < -0.4 is 0 Å². The lowest BCUT2D eigenvalue weighted by Crippen LogP contribution is -2.42. The number of carboxylic acids is 2. The largest absolute Gasteiger partial charge is 0.481 e. The third-order valence-electron chi connectivity index (χ3n) is 1.47. The summed E-state index contributed by atoms with van der Waals surface area (Å²) in [5.41, 5.74) is -1.65. The molecule has 1 unspecified atom stereocenters. The normalized spacial score (nSPS) is 12.9. The van der Waals surface area contributed by atoms with Crippen molar-refractivity contribution in [3.05, 3.63) is 0 Å². The number of aliphatic hydroxyl groups excluding tert-OH is 1. The first-order valence-corrected chi connectivity index (χ1v) is 2.94. The van der Waals surface area contributed by atoms with E-state index in [1.165, 1.54) is 0 Å². The molecule has 0 aromatic heterocycles. The minimum Gasteiger partial charge on any atom is -0.481 e. The van der Waals surface area contributed by atoms with Crippen LogP contribution in [0.3, 0.4) is 0 Å². The smallest absolute Gasteiger partial charge is 0.333 e. The maximum absolute atomic E-state index is 10.3. The molecular weight excluding hydrogens is 168 g/mol. The predicted octanol–water partition coefficient (Wildman–Crippen LogP) is -1.28. The lowest BCUT2D eigenvalue weighted by atomic mass is 9.87. The number of aliphatic hydroxyl groups is 1. The van der Waals surface area contributed by atoms with E-state index in [0.717, 1.165) is 13.8 Å². The second kappa shape index (κ2) is 4.03. The average molecular weight is 180 g/mol. The molecule has 0 radical (unpaired) electrons. The van der Waals surface area contributed by atoms with Crippen molar-refractivity contribution in [2.75, 3.05) is 0 Å². The van der Waals surface area contributed by atoms with Gasteiger partial charge in [-0.15, -0.1) is 0 Å². The Bertz CT molecular complexity index is 184. The molecule has 0 amide bonds. The summed E-state index contributed by atoms with van der Waals surface area (Å²) in [5.74, 6) is -2.87. The van der Waals surface area contributed by atoms with Crippen LogP contribution in [0.15, 0.2) is 0 Å². The van der Waals surface area contributed by atoms with Crippen LogP contribution in [0.2, 0.25) is 0 Å². The van der Waals surface area contributed by atoms with Gasteiger partial charge in [-0.3, -0.25) is 4.79 Å². The number of carboxylic acid groups (broad SMARTS) is 2. The minimum absolute atomic E-state index is 0. The fourth-order valence-electron chi connectivity index (χ4n) is 0.426. The van der Waals surface area contributed by atoms with Gasteiger partial charge in [0.2, 0.25) is 0 Å². The van der Waals surface area contributed by atoms with Crippen LogP contribution in [0.25, 0.3) is 0 Å². The molecule has 5 N–H and O–H groups in total. The first kappa shape index (κ1) is 13.4. The van der Waals surface area contributed by atoms with Crippen molar-refractivity contribution in [3.63, 3.8) is 0 Å². The molecule has 0 aliphatic rings. The van der Waals surface area contributed by atoms with Gasteiger partial charge in [0.15, 0.2) is 6.10 Å². The Hall–Kier alpha value is -1.14. The maximum Gasteiger partial charge on any atom is 0.333 e. The molecule has 0 rings (SSSR count). The molecule has 6 nitrogen and oxygen atoms in total. The van der Waals surface area contributed by atoms with Crippen LogP contribution in [-0.4, -0.2) is 38.8 Å². The van der Waals surface area contributed by atoms with Crippen molar-refractivity contribution in [1.29, 1.82) is 0 Å². The van der Waals surface area contributed by atoms with E-state index in [4.69, 9.17) is 15.3 Å². The van der Waals surface area contributed by atoms with Gasteiger partial charge in [0.05, 0.1) is 5.41 Å². The molecule has 0 saturated carbocycles. The maximum atomic E-state index is 10.3. The van der Waals surface area contributed by atoms with E-state index in [1.807, 2.05) is 0 Å². The molecule has 12 heavy (non-hydrogen) atoms. The molecule has 0 spiro atoms. The number of hydrogen-bond acceptors (Lipinski definition) is 3. The van der Waals surface area contributed by atoms with Gasteiger partial charge in [0, 0.05) is 0 Å². The van der Waals surface area contributed by atoms with Crippen molar-refractivity contribution in [3.8, 4) is 0 Å². The molecule has 6 heteroatoms. The van der Waals surface area contributed by atoms with Gasteiger partial charge >= 0.3 is 11.9 Å². The molecule has 0 heterocycles. The van der Waals surface area contributed by atoms with Crippen LogP contribution >= 0.6 is 0 Å². The Morgan fingerprint density at radius 1 is 1.25 bits per heavy atom. The fraction of sp³-hybridized carbons (Fsp3) is 0.667. The molecule has 72 valence electrons. The highest BCUT2D eigenvalue weighted by Crippen LogP contribution is 2.20. The third-order valence-corrected chi connectivity index (χ3v) is 1.47. The van der Waals surface area contributed by atoms with Crippen LogP contribution in [0, 0.1) is 5.41 Å². The quantitative estimate of drug-likeness (QED) is 0.498. The van der Waals surface area contributed by atoms with E-state index in [0.29, 0.717) is 0 Å². The molecule has 0 aliphatic carbocycles. The van der Waals surface area contributed by atoms with E-state index in [-0.39, 0.29) is 5.48 Å². The highest BCUT2D eigenvalue weighted by Gasteiger charge is 2.40. The van der Waals surface area contributed by atoms with Crippen molar-refractivity contribution >= 4 is 11.9 Å². The van der Waals surface area contributed by atoms with E-state index in [2.05, 4.69) is 0 Å². The van der Waals surface area contributed by atoms with Gasteiger partial charge < -0.3 is 20.8 Å². The first-order valence-electron chi connectivity index (χ1n) is 2.94. The zero-order valence-corrected chi connectivity index (χ0v) is 6.74. The van der Waals surface area contributed by atoms with Crippen molar-refractivity contribution in [2.45, 2.75) is 20.0 Å². The zero-order chi connectivity index (χ0) is 9.23. The highest BCUT2D eigenvalue weighted by molar-refractivity contribution is 5.84. The van der Waals surface area contributed by atoms with E-state index < -0.39 is 23.5 Å². The van der Waals surface area contributed by atoms with Crippen molar-refractivity contribution < 1.29 is 30.4 Å². The standard InChI is InChI=1S/C6H10O5.H2O/c1-6(2,5(10)11)3(7)4(8)9;/h3,7H,1-2H3,(H,8,9)(H,10,11);1H2. The molecule has 0 aromatic rings. The van der Waals surface area contributed by atoms with Gasteiger partial charge in [0.25, 0.3) is 0 Å². The molecule has 0 aromatic carbocycles. The SMILES string of the molecule is CC(C)(C(=O)O)C(O)C(=O)O.O. The third kappa shape index (κ3) is 2.48. The van der Waals surface area contributed by atoms with Gasteiger partial charge in [0.1, 0.15) is 0 Å². The van der Waals surface area contributed by atoms with Crippen LogP contribution in [0.5, 0.6) is 0 Å². The molecule has 0 bridgehead atoms. The van der Waals surface area contributed by atoms with Gasteiger partial charge in [-0.05, 0) is 13.8 Å². The Morgan fingerprint density at radius 2 is 1.58 bits per heavy atom. The van der Waals surface area contributed by atoms with Gasteiger partial charge in [-0.25, -0.2) is 4.79 Å². The highest BCUT2D eigenvalue weighted by atomic mass is 16.4. The summed E-state index contributed by atoms with van der Waals surface area (Å²) in [6, 6.07) is 0. The van der Waals surface area contributed by atoms with Crippen LogP contribution in [0.1, 0.15) is 13.8 Å². The first-order chi connectivity index (χ1) is 4.80. The lowest BCUT2D eigenvalue weighted by Gasteiger charge is -2.21. The summed E-state index contributed by atoms with van der Waals surface area (Å²) in [5, 5.41) is 25.5. The topological polar surface area (TPSA) is 126 Å². The Kier molecular flexibility index (Phi) is 4.52. The predicted molar refractivity (Wildman–Crippen MR) is 38.7 cm³/mol. The Morgan fingerprint density at radius 3 is 1.67 bits per heavy atom. The molecule has 0 fully saturated rings. The van der Waals surface area contributed by atoms with Gasteiger partial charge in [-0.2, -0.15) is 0 Å². The fourth-order valence-corrected chi connectivity index (χ4v) is 0.426. The number of hydrogen-bond donors (Lipinski definition) is 3. The second-order valence-corrected chi connectivity index (χ2v) is 2.77. The van der Waals surface area contributed by atoms with Crippen molar-refractivity contribution in [2.24, 2.45) is 5.41 Å². The summed E-state index contributed by atoms with van der Waals surface area (Å²) in [4.78, 5) is 20.5. The average Bonchev–Trinajstić information content (AvgIpc) is 1.85. The summed E-state index contributed by atoms with van der Waals surface area (Å²) in [6.45, 7) is 2.29. The Balaban J connectivity index is 0. The minimum atomic E-state index is -1.88. The molecular formula is C6H12O6. The second-order valence-electron chi connectivity index (χ2n) is 2.77. The monoisotopic (exact) mass is 180 g/mol. The summed E-state index contributed by atoms with van der Waals surface area (Å²) < 4.78 is 0. The van der Waals surface area contributed by atoms with E-state index in [1.54, 1.807) is 0 Å². The zero-order valence-electron chi connectivity index (χ0n) is 6.74. The molecule has 1 atom stereocenters. The van der Waals surface area contributed by atoms with E-state index in [9.17, 15) is 9.59 Å². The summed E-state index contributed by atoms with van der Waals surface area (Å²) >= 11 is 0. The number of rotatable bonds is 3. The van der Waals surface area contributed by atoms with Crippen LogP contribution in [0.4, 0.5) is 0 Å². The van der Waals surface area contributed by atoms with Crippen LogP contribution in [-0.2, 0) is 9.59 Å². The summed E-state index contributed by atoms with van der Waals surface area (Å²) in [7, 11) is 0. The molecule has 0 saturated heterocycles. The summed E-state index contributed by atoms with van der Waals surface area (Å²) in [6.07, 6.45) is -1.88. The number of carbonyl (C=O) groups is 2. The lowest BCUT2D eigenvalue weighted by molar-refractivity contribution is -0.166. The van der Waals surface area contributed by atoms with Crippen molar-refractivity contribution in [1.82, 2.24) is 0 Å². The van der Waals surface area contributed by atoms with E-state index >= 15 is 0 Å². The number of aliphatic carboxylic acids is 2. The molecule has 0 aliphatic heterocycles. The van der Waals surface area contributed by atoms with Gasteiger partial charge in [-0.1, -0.05) is 0 Å².